The molecule has 7 nitrogen and oxygen atoms in total. The molecule has 29 heavy (non-hydrogen) atoms. The first-order chi connectivity index (χ1) is 14.1. The number of carbonyl (C=O) groups is 1. The number of aryl methyl sites for hydroxylation is 1. The second-order valence-corrected chi connectivity index (χ2v) is 8.68. The average Bonchev–Trinajstić information content (AvgIpc) is 3.45. The standard InChI is InChI=1S/C20H23FN6OS/c1-14-2-7-18(29-14)12-26-11-17(27-13-23-24-25-27)10-19(26)20(28)22-9-8-15-3-5-16(21)6-4-15/h2-7,13,17,19H,8-12H2,1H3,(H,22,28)/t17-,19+/m1/s1. The second-order valence-electron chi connectivity index (χ2n) is 7.30. The first kappa shape index (κ1) is 19.7. The molecule has 2 aromatic heterocycles. The number of nitrogens with zero attached hydrogens (tertiary/aromatic N) is 5. The number of hydrogen-bond donors (Lipinski definition) is 1. The van der Waals surface area contributed by atoms with Gasteiger partial charge in [0.25, 0.3) is 0 Å². The Kier molecular flexibility index (Phi) is 5.96. The summed E-state index contributed by atoms with van der Waals surface area (Å²) in [5.74, 6) is -0.243. The summed E-state index contributed by atoms with van der Waals surface area (Å²) in [5, 5.41) is 14.5. The molecule has 1 amide bonds. The van der Waals surface area contributed by atoms with Crippen molar-refractivity contribution in [2.24, 2.45) is 0 Å². The molecule has 1 aromatic carbocycles. The summed E-state index contributed by atoms with van der Waals surface area (Å²) in [5.41, 5.74) is 0.996. The van der Waals surface area contributed by atoms with Crippen LogP contribution in [0, 0.1) is 12.7 Å². The number of halogens is 1. The number of thiophene rings is 1. The van der Waals surface area contributed by atoms with Crippen molar-refractivity contribution in [1.82, 2.24) is 30.4 Å². The van der Waals surface area contributed by atoms with E-state index in [1.54, 1.807) is 34.5 Å². The van der Waals surface area contributed by atoms with Gasteiger partial charge in [-0.1, -0.05) is 12.1 Å². The topological polar surface area (TPSA) is 75.9 Å². The van der Waals surface area contributed by atoms with Crippen molar-refractivity contribution < 1.29 is 9.18 Å². The highest BCUT2D eigenvalue weighted by Crippen LogP contribution is 2.29. The van der Waals surface area contributed by atoms with Crippen LogP contribution in [0.1, 0.15) is 27.8 Å². The molecule has 3 aromatic rings. The number of tetrazole rings is 1. The minimum atomic E-state index is -0.253. The zero-order valence-electron chi connectivity index (χ0n) is 16.2. The van der Waals surface area contributed by atoms with Crippen LogP contribution in [0.5, 0.6) is 0 Å². The number of hydrogen-bond acceptors (Lipinski definition) is 6. The predicted molar refractivity (Wildman–Crippen MR) is 108 cm³/mol. The van der Waals surface area contributed by atoms with E-state index in [-0.39, 0.29) is 23.8 Å². The Hall–Kier alpha value is -2.65. The lowest BCUT2D eigenvalue weighted by molar-refractivity contribution is -0.125. The Morgan fingerprint density at radius 1 is 1.28 bits per heavy atom. The molecule has 0 spiro atoms. The third kappa shape index (κ3) is 4.86. The minimum Gasteiger partial charge on any atom is -0.354 e. The van der Waals surface area contributed by atoms with Gasteiger partial charge in [-0.3, -0.25) is 9.69 Å². The number of benzene rings is 1. The SMILES string of the molecule is Cc1ccc(CN2C[C@H](n3cnnn3)C[C@H]2C(=O)NCCc2ccc(F)cc2)s1. The zero-order valence-corrected chi connectivity index (χ0v) is 17.0. The van der Waals surface area contributed by atoms with Gasteiger partial charge in [0.2, 0.25) is 5.91 Å². The van der Waals surface area contributed by atoms with Crippen LogP contribution in [0.2, 0.25) is 0 Å². The van der Waals surface area contributed by atoms with Crippen LogP contribution in [0.25, 0.3) is 0 Å². The van der Waals surface area contributed by atoms with Crippen molar-refractivity contribution in [2.45, 2.75) is 38.4 Å². The lowest BCUT2D eigenvalue weighted by atomic mass is 10.1. The Balaban J connectivity index is 1.40. The van der Waals surface area contributed by atoms with Crippen molar-refractivity contribution in [3.8, 4) is 0 Å². The first-order valence-electron chi connectivity index (χ1n) is 9.62. The smallest absolute Gasteiger partial charge is 0.237 e. The molecule has 0 saturated carbocycles. The summed E-state index contributed by atoms with van der Waals surface area (Å²) in [7, 11) is 0. The molecule has 1 saturated heterocycles. The number of carbonyl (C=O) groups excluding carboxylic acids is 1. The molecule has 1 aliphatic heterocycles. The number of amides is 1. The largest absolute Gasteiger partial charge is 0.354 e. The van der Waals surface area contributed by atoms with Gasteiger partial charge in [-0.15, -0.1) is 16.4 Å². The maximum absolute atomic E-state index is 13.0. The quantitative estimate of drug-likeness (QED) is 0.642. The van der Waals surface area contributed by atoms with E-state index in [1.807, 2.05) is 0 Å². The van der Waals surface area contributed by atoms with Gasteiger partial charge in [0.05, 0.1) is 12.1 Å². The van der Waals surface area contributed by atoms with Gasteiger partial charge in [0.1, 0.15) is 12.1 Å². The van der Waals surface area contributed by atoms with Crippen LogP contribution in [-0.4, -0.2) is 50.1 Å². The Morgan fingerprint density at radius 2 is 2.10 bits per heavy atom. The lowest BCUT2D eigenvalue weighted by Gasteiger charge is -2.22. The van der Waals surface area contributed by atoms with E-state index in [0.717, 1.165) is 18.7 Å². The molecular formula is C20H23FN6OS. The Bertz CT molecular complexity index is 942. The third-order valence-corrected chi connectivity index (χ3v) is 6.19. The highest BCUT2D eigenvalue weighted by molar-refractivity contribution is 7.11. The van der Waals surface area contributed by atoms with E-state index in [9.17, 15) is 9.18 Å². The van der Waals surface area contributed by atoms with Gasteiger partial charge in [0, 0.05) is 29.4 Å². The van der Waals surface area contributed by atoms with Crippen LogP contribution in [0.15, 0.2) is 42.7 Å². The average molecular weight is 415 g/mol. The predicted octanol–water partition coefficient (Wildman–Crippen LogP) is 2.36. The van der Waals surface area contributed by atoms with Crippen LogP contribution < -0.4 is 5.32 Å². The summed E-state index contributed by atoms with van der Waals surface area (Å²) < 4.78 is 14.8. The molecule has 0 aliphatic carbocycles. The van der Waals surface area contributed by atoms with Crippen LogP contribution in [0.4, 0.5) is 4.39 Å². The molecule has 0 unspecified atom stereocenters. The molecule has 2 atom stereocenters. The van der Waals surface area contributed by atoms with Crippen LogP contribution in [0.3, 0.4) is 0 Å². The van der Waals surface area contributed by atoms with Crippen molar-refractivity contribution in [3.63, 3.8) is 0 Å². The maximum atomic E-state index is 13.0. The second kappa shape index (κ2) is 8.79. The molecule has 9 heteroatoms. The summed E-state index contributed by atoms with van der Waals surface area (Å²) >= 11 is 1.75. The fourth-order valence-corrected chi connectivity index (χ4v) is 4.64. The van der Waals surface area contributed by atoms with Gasteiger partial charge >= 0.3 is 0 Å². The lowest BCUT2D eigenvalue weighted by Crippen LogP contribution is -2.43. The van der Waals surface area contributed by atoms with E-state index in [2.05, 4.69) is 44.8 Å². The number of nitrogens with one attached hydrogen (secondary N) is 1. The van der Waals surface area contributed by atoms with E-state index < -0.39 is 0 Å². The molecule has 1 fully saturated rings. The van der Waals surface area contributed by atoms with Crippen LogP contribution >= 0.6 is 11.3 Å². The van der Waals surface area contributed by atoms with Gasteiger partial charge in [-0.05, 0) is 60.0 Å². The van der Waals surface area contributed by atoms with Gasteiger partial charge in [-0.25, -0.2) is 9.07 Å². The van der Waals surface area contributed by atoms with Crippen molar-refractivity contribution in [1.29, 1.82) is 0 Å². The Labute approximate surface area is 172 Å². The van der Waals surface area contributed by atoms with Crippen molar-refractivity contribution in [2.75, 3.05) is 13.1 Å². The normalized spacial score (nSPS) is 19.5. The highest BCUT2D eigenvalue weighted by Gasteiger charge is 2.38. The third-order valence-electron chi connectivity index (χ3n) is 5.20. The van der Waals surface area contributed by atoms with Crippen LogP contribution in [-0.2, 0) is 17.8 Å². The van der Waals surface area contributed by atoms with E-state index in [0.29, 0.717) is 19.4 Å². The fraction of sp³-hybridized carbons (Fsp3) is 0.400. The maximum Gasteiger partial charge on any atom is 0.237 e. The molecule has 1 N–H and O–H groups in total. The number of likely N-dealkylation sites (tertiary alicyclic amines) is 1. The molecule has 3 heterocycles. The summed E-state index contributed by atoms with van der Waals surface area (Å²) in [4.78, 5) is 17.6. The molecular weight excluding hydrogens is 391 g/mol. The zero-order chi connectivity index (χ0) is 20.2. The van der Waals surface area contributed by atoms with E-state index in [1.165, 1.54) is 21.9 Å². The molecule has 152 valence electrons. The highest BCUT2D eigenvalue weighted by atomic mass is 32.1. The summed E-state index contributed by atoms with van der Waals surface area (Å²) in [6, 6.07) is 10.4. The molecule has 0 radical (unpaired) electrons. The fourth-order valence-electron chi connectivity index (χ4n) is 3.72. The van der Waals surface area contributed by atoms with E-state index in [4.69, 9.17) is 0 Å². The molecule has 1 aliphatic rings. The minimum absolute atomic E-state index is 0.0102. The van der Waals surface area contributed by atoms with E-state index >= 15 is 0 Å². The molecule has 4 rings (SSSR count). The monoisotopic (exact) mass is 414 g/mol. The summed E-state index contributed by atoms with van der Waals surface area (Å²) in [6.07, 6.45) is 2.93. The van der Waals surface area contributed by atoms with Crippen molar-refractivity contribution >= 4 is 17.2 Å². The molecule has 0 bridgehead atoms. The van der Waals surface area contributed by atoms with Gasteiger partial charge < -0.3 is 5.32 Å². The van der Waals surface area contributed by atoms with Gasteiger partial charge in [-0.2, -0.15) is 0 Å². The van der Waals surface area contributed by atoms with Gasteiger partial charge in [0.15, 0.2) is 0 Å². The van der Waals surface area contributed by atoms with Crippen molar-refractivity contribution in [3.05, 3.63) is 63.9 Å². The number of aromatic nitrogens is 4. The number of rotatable bonds is 7. The first-order valence-corrected chi connectivity index (χ1v) is 10.4. The summed E-state index contributed by atoms with van der Waals surface area (Å²) in [6.45, 7) is 4.05. The Morgan fingerprint density at radius 3 is 2.79 bits per heavy atom.